The van der Waals surface area contributed by atoms with Crippen LogP contribution >= 0.6 is 23.8 Å². The van der Waals surface area contributed by atoms with Crippen molar-refractivity contribution in [3.63, 3.8) is 0 Å². The van der Waals surface area contributed by atoms with Crippen molar-refractivity contribution in [2.24, 2.45) is 5.73 Å². The summed E-state index contributed by atoms with van der Waals surface area (Å²) < 4.78 is 0. The third-order valence-electron chi connectivity index (χ3n) is 2.55. The maximum absolute atomic E-state index is 12.0. The highest BCUT2D eigenvalue weighted by molar-refractivity contribution is 7.80. The second-order valence-electron chi connectivity index (χ2n) is 3.95. The van der Waals surface area contributed by atoms with Gasteiger partial charge in [0.15, 0.2) is 0 Å². The number of aromatic nitrogens is 1. The predicted molar refractivity (Wildman–Crippen MR) is 82.4 cm³/mol. The van der Waals surface area contributed by atoms with Crippen LogP contribution in [0.25, 0.3) is 0 Å². The zero-order valence-corrected chi connectivity index (χ0v) is 11.7. The Hall–Kier alpha value is -2.18. The van der Waals surface area contributed by atoms with Crippen molar-refractivity contribution < 1.29 is 4.79 Å². The van der Waals surface area contributed by atoms with Gasteiger partial charge in [-0.3, -0.25) is 9.59 Å². The molecule has 0 bridgehead atoms. The molecule has 4 N–H and O–H groups in total. The Bertz CT molecular complexity index is 722. The van der Waals surface area contributed by atoms with Crippen LogP contribution in [0, 0.1) is 0 Å². The van der Waals surface area contributed by atoms with Gasteiger partial charge in [0.1, 0.15) is 4.99 Å². The van der Waals surface area contributed by atoms with E-state index in [9.17, 15) is 9.59 Å². The van der Waals surface area contributed by atoms with E-state index in [1.807, 2.05) is 0 Å². The number of halogens is 1. The maximum atomic E-state index is 12.0. The summed E-state index contributed by atoms with van der Waals surface area (Å²) in [4.78, 5) is 25.6. The minimum absolute atomic E-state index is 0.209. The molecule has 0 saturated heterocycles. The smallest absolute Gasteiger partial charge is 0.257 e. The van der Waals surface area contributed by atoms with E-state index in [1.165, 1.54) is 18.3 Å². The van der Waals surface area contributed by atoms with Crippen LogP contribution in [-0.4, -0.2) is 15.9 Å². The quantitative estimate of drug-likeness (QED) is 0.756. The van der Waals surface area contributed by atoms with Gasteiger partial charge in [-0.2, -0.15) is 0 Å². The van der Waals surface area contributed by atoms with Gasteiger partial charge in [0.05, 0.1) is 16.3 Å². The van der Waals surface area contributed by atoms with Crippen molar-refractivity contribution in [2.75, 3.05) is 5.32 Å². The monoisotopic (exact) mass is 307 g/mol. The molecule has 7 heteroatoms. The second kappa shape index (κ2) is 5.85. The number of benzene rings is 1. The van der Waals surface area contributed by atoms with Gasteiger partial charge in [-0.15, -0.1) is 0 Å². The SMILES string of the molecule is NC(=S)c1ccc(Cl)c(NC(=O)c2ccc(=O)[nH]c2)c1. The van der Waals surface area contributed by atoms with Crippen LogP contribution in [0.2, 0.25) is 5.02 Å². The standard InChI is InChI=1S/C13H10ClN3O2S/c14-9-3-1-7(12(15)20)5-10(9)17-13(19)8-2-4-11(18)16-6-8/h1-6H,(H2,15,20)(H,16,18)(H,17,19). The van der Waals surface area contributed by atoms with E-state index in [0.717, 1.165) is 0 Å². The van der Waals surface area contributed by atoms with Crippen LogP contribution in [0.4, 0.5) is 5.69 Å². The van der Waals surface area contributed by atoms with Crippen molar-refractivity contribution in [3.05, 3.63) is 63.0 Å². The van der Waals surface area contributed by atoms with Crippen molar-refractivity contribution in [3.8, 4) is 0 Å². The fourth-order valence-corrected chi connectivity index (χ4v) is 1.81. The number of H-pyrrole nitrogens is 1. The molecule has 20 heavy (non-hydrogen) atoms. The highest BCUT2D eigenvalue weighted by Crippen LogP contribution is 2.23. The molecule has 2 rings (SSSR count). The van der Waals surface area contributed by atoms with E-state index in [1.54, 1.807) is 18.2 Å². The van der Waals surface area contributed by atoms with Gasteiger partial charge in [-0.25, -0.2) is 0 Å². The molecule has 1 aromatic carbocycles. The summed E-state index contributed by atoms with van der Waals surface area (Å²) in [5.74, 6) is -0.400. The average Bonchev–Trinajstić information content (AvgIpc) is 2.41. The topological polar surface area (TPSA) is 88.0 Å². The molecule has 1 heterocycles. The lowest BCUT2D eigenvalue weighted by atomic mass is 10.2. The summed E-state index contributed by atoms with van der Waals surface area (Å²) in [6.45, 7) is 0. The number of rotatable bonds is 3. The lowest BCUT2D eigenvalue weighted by Crippen LogP contribution is -2.16. The molecule has 1 amide bonds. The lowest BCUT2D eigenvalue weighted by molar-refractivity contribution is 0.102. The molecular formula is C13H10ClN3O2S. The van der Waals surface area contributed by atoms with Crippen molar-refractivity contribution in [1.29, 1.82) is 0 Å². The molecule has 0 aliphatic carbocycles. The first kappa shape index (κ1) is 14.2. The normalized spacial score (nSPS) is 10.1. The Kier molecular flexibility index (Phi) is 4.16. The number of aromatic amines is 1. The first-order chi connectivity index (χ1) is 9.47. The summed E-state index contributed by atoms with van der Waals surface area (Å²) in [5.41, 5.74) is 6.55. The minimum Gasteiger partial charge on any atom is -0.389 e. The van der Waals surface area contributed by atoms with Crippen molar-refractivity contribution in [2.45, 2.75) is 0 Å². The first-order valence-corrected chi connectivity index (χ1v) is 6.35. The molecule has 0 atom stereocenters. The number of anilines is 1. The molecule has 0 radical (unpaired) electrons. The Morgan fingerprint density at radius 2 is 1.95 bits per heavy atom. The Morgan fingerprint density at radius 3 is 2.55 bits per heavy atom. The fraction of sp³-hybridized carbons (Fsp3) is 0. The van der Waals surface area contributed by atoms with Crippen LogP contribution < -0.4 is 16.6 Å². The maximum Gasteiger partial charge on any atom is 0.257 e. The molecule has 1 aromatic heterocycles. The summed E-state index contributed by atoms with van der Waals surface area (Å²) in [6.07, 6.45) is 1.32. The lowest BCUT2D eigenvalue weighted by Gasteiger charge is -2.09. The van der Waals surface area contributed by atoms with Gasteiger partial charge < -0.3 is 16.0 Å². The van der Waals surface area contributed by atoms with Crippen LogP contribution in [0.1, 0.15) is 15.9 Å². The predicted octanol–water partition coefficient (Wildman–Crippen LogP) is 1.91. The molecule has 0 unspecified atom stereocenters. The number of hydrogen-bond donors (Lipinski definition) is 3. The number of thiocarbonyl (C=S) groups is 1. The van der Waals surface area contributed by atoms with Crippen LogP contribution in [-0.2, 0) is 0 Å². The van der Waals surface area contributed by atoms with E-state index in [0.29, 0.717) is 21.8 Å². The van der Waals surface area contributed by atoms with Gasteiger partial charge in [0.25, 0.3) is 5.91 Å². The molecule has 2 aromatic rings. The molecular weight excluding hydrogens is 298 g/mol. The van der Waals surface area contributed by atoms with Gasteiger partial charge in [0.2, 0.25) is 5.56 Å². The number of nitrogens with one attached hydrogen (secondary N) is 2. The summed E-state index contributed by atoms with van der Waals surface area (Å²) in [7, 11) is 0. The zero-order valence-electron chi connectivity index (χ0n) is 10.1. The first-order valence-electron chi connectivity index (χ1n) is 5.57. The van der Waals surface area contributed by atoms with Crippen LogP contribution in [0.3, 0.4) is 0 Å². The van der Waals surface area contributed by atoms with Crippen LogP contribution in [0.15, 0.2) is 41.3 Å². The summed E-state index contributed by atoms with van der Waals surface area (Å²) in [5, 5.41) is 3.00. The Balaban J connectivity index is 2.27. The van der Waals surface area contributed by atoms with Gasteiger partial charge in [-0.1, -0.05) is 29.9 Å². The van der Waals surface area contributed by atoms with E-state index in [4.69, 9.17) is 29.6 Å². The van der Waals surface area contributed by atoms with Crippen LogP contribution in [0.5, 0.6) is 0 Å². The Labute approximate surface area is 124 Å². The summed E-state index contributed by atoms with van der Waals surface area (Å²) in [6, 6.07) is 7.54. The number of amides is 1. The Morgan fingerprint density at radius 1 is 1.25 bits per heavy atom. The molecule has 102 valence electrons. The third kappa shape index (κ3) is 3.23. The number of hydrogen-bond acceptors (Lipinski definition) is 3. The van der Waals surface area contributed by atoms with E-state index in [2.05, 4.69) is 10.3 Å². The van der Waals surface area contributed by atoms with E-state index in [-0.39, 0.29) is 10.5 Å². The highest BCUT2D eigenvalue weighted by Gasteiger charge is 2.10. The fourth-order valence-electron chi connectivity index (χ4n) is 1.52. The molecule has 0 saturated carbocycles. The average molecular weight is 308 g/mol. The number of pyridine rings is 1. The molecule has 5 nitrogen and oxygen atoms in total. The van der Waals surface area contributed by atoms with Crippen molar-refractivity contribution >= 4 is 40.4 Å². The van der Waals surface area contributed by atoms with E-state index < -0.39 is 5.91 Å². The number of carbonyl (C=O) groups is 1. The third-order valence-corrected chi connectivity index (χ3v) is 3.11. The molecule has 0 fully saturated rings. The van der Waals surface area contributed by atoms with Crippen molar-refractivity contribution in [1.82, 2.24) is 4.98 Å². The molecule has 0 aliphatic heterocycles. The molecule has 0 spiro atoms. The van der Waals surface area contributed by atoms with Gasteiger partial charge in [-0.05, 0) is 18.2 Å². The summed E-state index contributed by atoms with van der Waals surface area (Å²) >= 11 is 10.9. The second-order valence-corrected chi connectivity index (χ2v) is 4.80. The highest BCUT2D eigenvalue weighted by atomic mass is 35.5. The number of carbonyl (C=O) groups excluding carboxylic acids is 1. The number of nitrogens with two attached hydrogens (primary N) is 1. The minimum atomic E-state index is -0.400. The largest absolute Gasteiger partial charge is 0.389 e. The van der Waals surface area contributed by atoms with E-state index >= 15 is 0 Å². The molecule has 0 aliphatic rings. The van der Waals surface area contributed by atoms with Gasteiger partial charge in [0, 0.05) is 17.8 Å². The van der Waals surface area contributed by atoms with Gasteiger partial charge >= 0.3 is 0 Å². The zero-order chi connectivity index (χ0) is 14.7.